The van der Waals surface area contributed by atoms with Crippen LogP contribution in [0.4, 0.5) is 0 Å². The van der Waals surface area contributed by atoms with Gasteiger partial charge in [0.15, 0.2) is 0 Å². The molecule has 1 aromatic rings. The maximum Gasteiger partial charge on any atom is 0.234 e. The number of fused-ring (bicyclic) bond motifs is 1. The molecule has 1 aliphatic rings. The van der Waals surface area contributed by atoms with E-state index in [9.17, 15) is 4.79 Å². The van der Waals surface area contributed by atoms with Crippen LogP contribution in [0.5, 0.6) is 5.75 Å². The zero-order chi connectivity index (χ0) is 13.7. The van der Waals surface area contributed by atoms with Gasteiger partial charge in [0.1, 0.15) is 12.4 Å². The second-order valence-electron chi connectivity index (χ2n) is 4.93. The van der Waals surface area contributed by atoms with Gasteiger partial charge in [-0.15, -0.1) is 0 Å². The summed E-state index contributed by atoms with van der Waals surface area (Å²) in [6.45, 7) is 2.42. The predicted molar refractivity (Wildman–Crippen MR) is 74.2 cm³/mol. The highest BCUT2D eigenvalue weighted by molar-refractivity contribution is 5.78. The van der Waals surface area contributed by atoms with Crippen molar-refractivity contribution in [2.45, 2.75) is 6.04 Å². The molecule has 1 aromatic carbocycles. The number of carbonyl (C=O) groups is 1. The Morgan fingerprint density at radius 1 is 1.47 bits per heavy atom. The largest absolute Gasteiger partial charge is 0.492 e. The maximum absolute atomic E-state index is 11.7. The van der Waals surface area contributed by atoms with Crippen molar-refractivity contribution in [3.63, 3.8) is 0 Å². The molecule has 1 aliphatic heterocycles. The Bertz CT molecular complexity index is 434. The monoisotopic (exact) mass is 263 g/mol. The molecule has 104 valence electrons. The number of likely N-dealkylation sites (N-methyl/N-ethyl adjacent to an activating group) is 1. The van der Waals surface area contributed by atoms with Gasteiger partial charge in [0.25, 0.3) is 0 Å². The first kappa shape index (κ1) is 13.8. The molecule has 0 aromatic heterocycles. The fourth-order valence-electron chi connectivity index (χ4n) is 2.15. The number of hydrogen-bond donors (Lipinski definition) is 2. The third-order valence-corrected chi connectivity index (χ3v) is 3.01. The van der Waals surface area contributed by atoms with E-state index in [1.54, 1.807) is 0 Å². The van der Waals surface area contributed by atoms with E-state index in [4.69, 9.17) is 4.74 Å². The predicted octanol–water partition coefficient (Wildman–Crippen LogP) is 0.388. The van der Waals surface area contributed by atoms with Crippen LogP contribution in [-0.4, -0.2) is 51.1 Å². The van der Waals surface area contributed by atoms with Crippen LogP contribution in [0, 0.1) is 0 Å². The van der Waals surface area contributed by atoms with E-state index in [1.807, 2.05) is 43.3 Å². The summed E-state index contributed by atoms with van der Waals surface area (Å²) < 4.78 is 5.67. The number of carbonyl (C=O) groups excluding carboxylic acids is 1. The van der Waals surface area contributed by atoms with Gasteiger partial charge in [-0.1, -0.05) is 18.2 Å². The van der Waals surface area contributed by atoms with Crippen molar-refractivity contribution in [3.05, 3.63) is 29.8 Å². The van der Waals surface area contributed by atoms with E-state index < -0.39 is 0 Å². The third-order valence-electron chi connectivity index (χ3n) is 3.01. The van der Waals surface area contributed by atoms with Crippen LogP contribution in [0.15, 0.2) is 24.3 Å². The Hall–Kier alpha value is -1.59. The lowest BCUT2D eigenvalue weighted by Crippen LogP contribution is -2.39. The standard InChI is InChI=1S/C14H21N3O2/c1-17(2)10-14(18)16-9-12-11-5-3-4-6-13(11)19-8-7-15-12/h3-6,12,15H,7-10H2,1-2H3,(H,16,18). The molecular formula is C14H21N3O2. The normalized spacial score (nSPS) is 18.4. The molecule has 0 fully saturated rings. The molecule has 2 N–H and O–H groups in total. The zero-order valence-electron chi connectivity index (χ0n) is 11.5. The van der Waals surface area contributed by atoms with Crippen LogP contribution in [0.25, 0.3) is 0 Å². The summed E-state index contributed by atoms with van der Waals surface area (Å²) in [5.74, 6) is 0.939. The number of nitrogens with zero attached hydrogens (tertiary/aromatic N) is 1. The molecule has 0 saturated heterocycles. The molecule has 0 radical (unpaired) electrons. The first-order valence-corrected chi connectivity index (χ1v) is 6.53. The van der Waals surface area contributed by atoms with Gasteiger partial charge >= 0.3 is 0 Å². The number of para-hydroxylation sites is 1. The van der Waals surface area contributed by atoms with Crippen molar-refractivity contribution < 1.29 is 9.53 Å². The second-order valence-corrected chi connectivity index (χ2v) is 4.93. The average Bonchev–Trinajstić information content (AvgIpc) is 2.58. The highest BCUT2D eigenvalue weighted by Gasteiger charge is 2.19. The van der Waals surface area contributed by atoms with Crippen LogP contribution in [0.3, 0.4) is 0 Å². The molecule has 0 aliphatic carbocycles. The van der Waals surface area contributed by atoms with Gasteiger partial charge in [-0.2, -0.15) is 0 Å². The molecule has 1 heterocycles. The van der Waals surface area contributed by atoms with Gasteiger partial charge < -0.3 is 20.3 Å². The summed E-state index contributed by atoms with van der Waals surface area (Å²) in [4.78, 5) is 13.5. The summed E-state index contributed by atoms with van der Waals surface area (Å²) in [5.41, 5.74) is 1.10. The highest BCUT2D eigenvalue weighted by atomic mass is 16.5. The fraction of sp³-hybridized carbons (Fsp3) is 0.500. The van der Waals surface area contributed by atoms with E-state index >= 15 is 0 Å². The third kappa shape index (κ3) is 3.94. The molecule has 0 bridgehead atoms. The minimum atomic E-state index is 0.0365. The van der Waals surface area contributed by atoms with Crippen molar-refractivity contribution in [2.24, 2.45) is 0 Å². The lowest BCUT2D eigenvalue weighted by Gasteiger charge is -2.19. The van der Waals surface area contributed by atoms with Gasteiger partial charge in [0, 0.05) is 18.7 Å². The summed E-state index contributed by atoms with van der Waals surface area (Å²) in [6.07, 6.45) is 0. The number of rotatable bonds is 4. The minimum absolute atomic E-state index is 0.0365. The molecule has 1 atom stereocenters. The number of hydrogen-bond acceptors (Lipinski definition) is 4. The Morgan fingerprint density at radius 2 is 2.26 bits per heavy atom. The highest BCUT2D eigenvalue weighted by Crippen LogP contribution is 2.26. The van der Waals surface area contributed by atoms with E-state index in [0.29, 0.717) is 19.7 Å². The summed E-state index contributed by atoms with van der Waals surface area (Å²) in [7, 11) is 3.76. The molecule has 19 heavy (non-hydrogen) atoms. The minimum Gasteiger partial charge on any atom is -0.492 e. The Kier molecular flexibility index (Phi) is 4.76. The van der Waals surface area contributed by atoms with Crippen LogP contribution >= 0.6 is 0 Å². The number of ether oxygens (including phenoxy) is 1. The molecule has 0 saturated carbocycles. The lowest BCUT2D eigenvalue weighted by molar-refractivity contribution is -0.121. The van der Waals surface area contributed by atoms with Crippen LogP contribution in [0.2, 0.25) is 0 Å². The molecular weight excluding hydrogens is 242 g/mol. The molecule has 5 nitrogen and oxygen atoms in total. The Balaban J connectivity index is 1.98. The van der Waals surface area contributed by atoms with E-state index in [0.717, 1.165) is 17.9 Å². The molecule has 1 amide bonds. The van der Waals surface area contributed by atoms with E-state index in [-0.39, 0.29) is 11.9 Å². The first-order valence-electron chi connectivity index (χ1n) is 6.53. The fourth-order valence-corrected chi connectivity index (χ4v) is 2.15. The first-order chi connectivity index (χ1) is 9.16. The Morgan fingerprint density at radius 3 is 3.05 bits per heavy atom. The quantitative estimate of drug-likeness (QED) is 0.825. The van der Waals surface area contributed by atoms with Gasteiger partial charge in [-0.05, 0) is 20.2 Å². The average molecular weight is 263 g/mol. The van der Waals surface area contributed by atoms with Crippen LogP contribution in [0.1, 0.15) is 11.6 Å². The van der Waals surface area contributed by atoms with Crippen molar-refractivity contribution in [1.82, 2.24) is 15.5 Å². The molecule has 0 spiro atoms. The van der Waals surface area contributed by atoms with E-state index in [1.165, 1.54) is 0 Å². The lowest BCUT2D eigenvalue weighted by atomic mass is 10.1. The van der Waals surface area contributed by atoms with Crippen molar-refractivity contribution in [3.8, 4) is 5.75 Å². The van der Waals surface area contributed by atoms with Crippen LogP contribution in [-0.2, 0) is 4.79 Å². The summed E-state index contributed by atoms with van der Waals surface area (Å²) in [6, 6.07) is 8.06. The topological polar surface area (TPSA) is 53.6 Å². The number of benzene rings is 1. The molecule has 2 rings (SSSR count). The van der Waals surface area contributed by atoms with E-state index in [2.05, 4.69) is 10.6 Å². The smallest absolute Gasteiger partial charge is 0.234 e. The molecule has 5 heteroatoms. The van der Waals surface area contributed by atoms with Crippen LogP contribution < -0.4 is 15.4 Å². The van der Waals surface area contributed by atoms with Crippen molar-refractivity contribution in [2.75, 3.05) is 40.3 Å². The summed E-state index contributed by atoms with van der Waals surface area (Å²) >= 11 is 0. The van der Waals surface area contributed by atoms with Crippen molar-refractivity contribution >= 4 is 5.91 Å². The van der Waals surface area contributed by atoms with Crippen molar-refractivity contribution in [1.29, 1.82) is 0 Å². The Labute approximate surface area is 113 Å². The van der Waals surface area contributed by atoms with Gasteiger partial charge in [0.2, 0.25) is 5.91 Å². The maximum atomic E-state index is 11.7. The zero-order valence-corrected chi connectivity index (χ0v) is 11.5. The van der Waals surface area contributed by atoms with Gasteiger partial charge in [-0.3, -0.25) is 4.79 Å². The second kappa shape index (κ2) is 6.54. The number of amides is 1. The SMILES string of the molecule is CN(C)CC(=O)NCC1NCCOc2ccccc21. The van der Waals surface area contributed by atoms with Gasteiger partial charge in [0.05, 0.1) is 12.6 Å². The van der Waals surface area contributed by atoms with Gasteiger partial charge in [-0.25, -0.2) is 0 Å². The molecule has 1 unspecified atom stereocenters. The number of nitrogens with one attached hydrogen (secondary N) is 2. The summed E-state index contributed by atoms with van der Waals surface area (Å²) in [5, 5.41) is 6.35.